The molecule has 1 aromatic heterocycles. The van der Waals surface area contributed by atoms with Crippen LogP contribution in [0.5, 0.6) is 5.75 Å². The molecule has 6 nitrogen and oxygen atoms in total. The number of carbonyl (C=O) groups excluding carboxylic acids is 1. The summed E-state index contributed by atoms with van der Waals surface area (Å²) in [5, 5.41) is 23.1. The molecule has 0 aliphatic rings. The number of phenols is 1. The molecule has 1 heterocycles. The number of amides is 1. The van der Waals surface area contributed by atoms with Gasteiger partial charge in [-0.25, -0.2) is 4.79 Å². The Morgan fingerprint density at radius 3 is 2.29 bits per heavy atom. The molecule has 38 heavy (non-hydrogen) atoms. The Bertz CT molecular complexity index is 1610. The lowest BCUT2D eigenvalue weighted by Gasteiger charge is -2.10. The van der Waals surface area contributed by atoms with Gasteiger partial charge in [-0.05, 0) is 64.4 Å². The number of nitrogens with one attached hydrogen (secondary N) is 1. The fraction of sp³-hybridized carbons (Fsp3) is 0.0968. The minimum atomic E-state index is -1.19. The zero-order valence-electron chi connectivity index (χ0n) is 21.1. The minimum Gasteiger partial charge on any atom is -0.507 e. The van der Waals surface area contributed by atoms with Crippen LogP contribution in [0, 0.1) is 3.57 Å². The number of carbonyl (C=O) groups is 2. The number of anilines is 1. The molecule has 3 aromatic carbocycles. The van der Waals surface area contributed by atoms with Gasteiger partial charge >= 0.3 is 5.97 Å². The highest BCUT2D eigenvalue weighted by Gasteiger charge is 2.19. The van der Waals surface area contributed by atoms with Crippen molar-refractivity contribution in [2.75, 3.05) is 5.32 Å². The molecule has 4 rings (SSSR count). The van der Waals surface area contributed by atoms with Gasteiger partial charge in [0, 0.05) is 39.8 Å². The molecule has 0 aliphatic heterocycles. The summed E-state index contributed by atoms with van der Waals surface area (Å²) >= 11 is 2.18. The van der Waals surface area contributed by atoms with Crippen LogP contribution in [0.3, 0.4) is 0 Å². The van der Waals surface area contributed by atoms with Crippen molar-refractivity contribution in [1.82, 2.24) is 4.57 Å². The van der Waals surface area contributed by atoms with Gasteiger partial charge in [-0.1, -0.05) is 67.3 Å². The van der Waals surface area contributed by atoms with Crippen LogP contribution in [0.15, 0.2) is 97.1 Å². The molecule has 0 bridgehead atoms. The number of nitrogens with zero attached hydrogens (tertiary/aromatic N) is 1. The largest absolute Gasteiger partial charge is 0.507 e. The number of aryl methyl sites for hydroxylation is 1. The molecule has 0 saturated heterocycles. The second-order valence-electron chi connectivity index (χ2n) is 9.08. The Morgan fingerprint density at radius 2 is 1.66 bits per heavy atom. The fourth-order valence-corrected chi connectivity index (χ4v) is 5.63. The van der Waals surface area contributed by atoms with Crippen molar-refractivity contribution in [3.8, 4) is 16.9 Å². The number of hydrogen-bond donors (Lipinski definition) is 3. The highest BCUT2D eigenvalue weighted by atomic mass is 127. The number of hydrogen-bond acceptors (Lipinski definition) is 3. The summed E-state index contributed by atoms with van der Waals surface area (Å²) in [4.78, 5) is 24.2. The summed E-state index contributed by atoms with van der Waals surface area (Å²) in [6.07, 6.45) is 2.18. The zero-order valence-corrected chi connectivity index (χ0v) is 23.2. The maximum absolute atomic E-state index is 12.8. The molecule has 0 aliphatic carbocycles. The molecule has 4 aromatic rings. The summed E-state index contributed by atoms with van der Waals surface area (Å²) in [7, 11) is 1.86. The maximum atomic E-state index is 12.8. The zero-order chi connectivity index (χ0) is 27.6. The monoisotopic (exact) mass is 618 g/mol. The lowest BCUT2D eigenvalue weighted by molar-refractivity contribution is -0.112. The van der Waals surface area contributed by atoms with Crippen LogP contribution in [0.2, 0.25) is 0 Å². The molecule has 0 spiro atoms. The normalized spacial score (nSPS) is 11.4. The number of aromatic nitrogens is 1. The van der Waals surface area contributed by atoms with E-state index < -0.39 is 5.97 Å². The number of halogens is 1. The third kappa shape index (κ3) is 5.57. The van der Waals surface area contributed by atoms with E-state index in [0.717, 1.165) is 31.4 Å². The van der Waals surface area contributed by atoms with Gasteiger partial charge in [-0.3, -0.25) is 4.79 Å². The third-order valence-corrected chi connectivity index (χ3v) is 7.38. The molecular weight excluding hydrogens is 591 g/mol. The van der Waals surface area contributed by atoms with Crippen molar-refractivity contribution < 1.29 is 19.8 Å². The van der Waals surface area contributed by atoms with Gasteiger partial charge in [-0.2, -0.15) is 0 Å². The van der Waals surface area contributed by atoms with Crippen molar-refractivity contribution in [2.45, 2.75) is 13.3 Å². The van der Waals surface area contributed by atoms with E-state index in [1.165, 1.54) is 12.1 Å². The number of aromatic carboxylic acids is 1. The lowest BCUT2D eigenvalue weighted by atomic mass is 10.0. The highest BCUT2D eigenvalue weighted by Crippen LogP contribution is 2.35. The predicted molar refractivity (Wildman–Crippen MR) is 161 cm³/mol. The fourth-order valence-electron chi connectivity index (χ4n) is 4.41. The average molecular weight is 618 g/mol. The molecule has 7 heteroatoms. The summed E-state index contributed by atoms with van der Waals surface area (Å²) in [5.74, 6) is -1.74. The van der Waals surface area contributed by atoms with Crippen molar-refractivity contribution in [2.24, 2.45) is 7.05 Å². The Balaban J connectivity index is 1.46. The van der Waals surface area contributed by atoms with Crippen molar-refractivity contribution >= 4 is 56.6 Å². The van der Waals surface area contributed by atoms with Crippen LogP contribution in [0.4, 0.5) is 5.69 Å². The number of carboxylic acids is 1. The van der Waals surface area contributed by atoms with E-state index in [2.05, 4.69) is 41.1 Å². The minimum absolute atomic E-state index is 0.143. The predicted octanol–water partition coefficient (Wildman–Crippen LogP) is 7.40. The second-order valence-corrected chi connectivity index (χ2v) is 10.2. The molecular formula is C31H27IN2O4. The molecule has 0 saturated carbocycles. The Kier molecular flexibility index (Phi) is 7.87. The van der Waals surface area contributed by atoms with E-state index in [-0.39, 0.29) is 23.6 Å². The van der Waals surface area contributed by atoms with Crippen LogP contribution >= 0.6 is 22.6 Å². The van der Waals surface area contributed by atoms with Crippen LogP contribution in [-0.4, -0.2) is 26.7 Å². The number of fused-ring (bicyclic) bond motifs is 1. The van der Waals surface area contributed by atoms with E-state index in [1.54, 1.807) is 0 Å². The molecule has 192 valence electrons. The van der Waals surface area contributed by atoms with E-state index in [0.29, 0.717) is 22.4 Å². The molecule has 0 atom stereocenters. The number of allylic oxidation sites excluding steroid dienone is 3. The average Bonchev–Trinajstić information content (AvgIpc) is 3.12. The van der Waals surface area contributed by atoms with Crippen LogP contribution in [0.25, 0.3) is 27.6 Å². The van der Waals surface area contributed by atoms with Crippen molar-refractivity contribution in [1.29, 1.82) is 0 Å². The molecule has 0 fully saturated rings. The number of rotatable bonds is 8. The summed E-state index contributed by atoms with van der Waals surface area (Å²) in [6.45, 7) is 9.99. The third-order valence-electron chi connectivity index (χ3n) is 6.29. The van der Waals surface area contributed by atoms with E-state index in [1.807, 2.05) is 79.2 Å². The standard InChI is InChI=1S/C31H27IN2O4/c1-18(14-19(2)29-28(32)24-16-25(31(37)38)27(35)17-26(24)34(29)4)15-20(3)30(36)33-23-12-10-22(11-13-23)21-8-6-5-7-9-21/h5-14,16-17,35H,1,3,15H2,2,4H3,(H,33,36)(H,37,38)/b19-14+. The SMILES string of the molecule is C=C(/C=C(\C)c1c(I)c2cc(C(=O)O)c(O)cc2n1C)CC(=C)C(=O)Nc1ccc(-c2ccccc2)cc1. The molecule has 3 N–H and O–H groups in total. The Morgan fingerprint density at radius 1 is 1.03 bits per heavy atom. The first kappa shape index (κ1) is 26.9. The smallest absolute Gasteiger partial charge is 0.339 e. The number of benzene rings is 3. The summed E-state index contributed by atoms with van der Waals surface area (Å²) in [5.41, 5.74) is 6.27. The molecule has 0 radical (unpaired) electrons. The van der Waals surface area contributed by atoms with Gasteiger partial charge in [0.2, 0.25) is 0 Å². The van der Waals surface area contributed by atoms with E-state index >= 15 is 0 Å². The van der Waals surface area contributed by atoms with Gasteiger partial charge in [0.1, 0.15) is 11.3 Å². The van der Waals surface area contributed by atoms with Gasteiger partial charge in [0.25, 0.3) is 5.91 Å². The molecule has 1 amide bonds. The summed E-state index contributed by atoms with van der Waals surface area (Å²) < 4.78 is 2.77. The second kappa shape index (κ2) is 11.1. The Hall–Kier alpha value is -4.11. The quantitative estimate of drug-likeness (QED) is 0.109. The van der Waals surface area contributed by atoms with E-state index in [4.69, 9.17) is 0 Å². The summed E-state index contributed by atoms with van der Waals surface area (Å²) in [6, 6.07) is 20.6. The number of carboxylic acid groups (broad SMARTS) is 1. The van der Waals surface area contributed by atoms with Crippen molar-refractivity contribution in [3.63, 3.8) is 0 Å². The van der Waals surface area contributed by atoms with Crippen molar-refractivity contribution in [3.05, 3.63) is 112 Å². The first-order chi connectivity index (χ1) is 18.1. The van der Waals surface area contributed by atoms with Crippen LogP contribution in [-0.2, 0) is 11.8 Å². The van der Waals surface area contributed by atoms with E-state index in [9.17, 15) is 19.8 Å². The van der Waals surface area contributed by atoms with Crippen LogP contribution < -0.4 is 5.32 Å². The lowest BCUT2D eigenvalue weighted by Crippen LogP contribution is -2.14. The molecule has 0 unspecified atom stereocenters. The first-order valence-electron chi connectivity index (χ1n) is 11.8. The Labute approximate surface area is 234 Å². The topological polar surface area (TPSA) is 91.6 Å². The van der Waals surface area contributed by atoms with Crippen LogP contribution in [0.1, 0.15) is 29.4 Å². The van der Waals surface area contributed by atoms with Gasteiger partial charge in [0.05, 0.1) is 11.2 Å². The van der Waals surface area contributed by atoms with Gasteiger partial charge < -0.3 is 20.1 Å². The number of aromatic hydroxyl groups is 1. The van der Waals surface area contributed by atoms with Gasteiger partial charge in [0.15, 0.2) is 0 Å². The first-order valence-corrected chi connectivity index (χ1v) is 12.9. The highest BCUT2D eigenvalue weighted by molar-refractivity contribution is 14.1. The maximum Gasteiger partial charge on any atom is 0.339 e. The van der Waals surface area contributed by atoms with Gasteiger partial charge in [-0.15, -0.1) is 0 Å².